The number of halogens is 1. The summed E-state index contributed by atoms with van der Waals surface area (Å²) in [6.45, 7) is 1.86. The molecule has 1 aromatic carbocycles. The zero-order valence-corrected chi connectivity index (χ0v) is 8.58. The lowest BCUT2D eigenvalue weighted by atomic mass is 10.0. The number of carboxylic acid groups (broad SMARTS) is 1. The van der Waals surface area contributed by atoms with Crippen LogP contribution in [0.5, 0.6) is 0 Å². The summed E-state index contributed by atoms with van der Waals surface area (Å²) >= 11 is 5.48. The molecule has 0 spiro atoms. The molecule has 0 saturated heterocycles. The maximum absolute atomic E-state index is 10.9. The fraction of sp³-hybridized carbons (Fsp3) is 0.182. The molecule has 0 fully saturated rings. The number of rotatable bonds is 3. The van der Waals surface area contributed by atoms with Crippen molar-refractivity contribution in [2.24, 2.45) is 0 Å². The fourth-order valence-electron chi connectivity index (χ4n) is 1.17. The van der Waals surface area contributed by atoms with Crippen LogP contribution in [0.3, 0.4) is 0 Å². The number of hydrogen-bond donors (Lipinski definition) is 1. The molecule has 1 aromatic rings. The highest BCUT2D eigenvalue weighted by atomic mass is 35.5. The predicted octanol–water partition coefficient (Wildman–Crippen LogP) is 2.95. The van der Waals surface area contributed by atoms with E-state index in [2.05, 4.69) is 0 Å². The highest BCUT2D eigenvalue weighted by Crippen LogP contribution is 2.13. The van der Waals surface area contributed by atoms with Crippen LogP contribution in [0, 0.1) is 6.92 Å². The van der Waals surface area contributed by atoms with Crippen molar-refractivity contribution in [2.45, 2.75) is 6.92 Å². The molecule has 0 atom stereocenters. The number of carboxylic acids is 1. The highest BCUT2D eigenvalue weighted by Gasteiger charge is 2.07. The van der Waals surface area contributed by atoms with Crippen LogP contribution in [0.15, 0.2) is 24.3 Å². The van der Waals surface area contributed by atoms with E-state index in [9.17, 15) is 4.79 Å². The third kappa shape index (κ3) is 2.60. The molecule has 0 amide bonds. The van der Waals surface area contributed by atoms with Gasteiger partial charge in [0.05, 0.1) is 5.56 Å². The Hall–Kier alpha value is -1.28. The summed E-state index contributed by atoms with van der Waals surface area (Å²) in [7, 11) is 0. The Morgan fingerprint density at radius 1 is 1.57 bits per heavy atom. The number of carbonyl (C=O) groups is 1. The molecule has 2 nitrogen and oxygen atoms in total. The zero-order chi connectivity index (χ0) is 10.6. The van der Waals surface area contributed by atoms with Gasteiger partial charge < -0.3 is 5.11 Å². The van der Waals surface area contributed by atoms with Gasteiger partial charge in [0.25, 0.3) is 0 Å². The fourth-order valence-corrected chi connectivity index (χ4v) is 1.26. The van der Waals surface area contributed by atoms with Gasteiger partial charge in [-0.25, -0.2) is 4.79 Å². The minimum absolute atomic E-state index is 0.311. The lowest BCUT2D eigenvalue weighted by molar-refractivity contribution is 0.0696. The predicted molar refractivity (Wildman–Crippen MR) is 57.9 cm³/mol. The van der Waals surface area contributed by atoms with Crippen molar-refractivity contribution in [3.63, 3.8) is 0 Å². The number of aryl methyl sites for hydroxylation is 1. The number of hydrogen-bond acceptors (Lipinski definition) is 1. The van der Waals surface area contributed by atoms with Crippen molar-refractivity contribution < 1.29 is 9.90 Å². The first-order valence-corrected chi connectivity index (χ1v) is 4.75. The molecule has 0 bridgehead atoms. The second kappa shape index (κ2) is 4.82. The maximum Gasteiger partial charge on any atom is 0.336 e. The van der Waals surface area contributed by atoms with Gasteiger partial charge >= 0.3 is 5.97 Å². The molecule has 0 radical (unpaired) electrons. The SMILES string of the molecule is Cc1ccc(C=CCCl)c(C(=O)O)c1. The van der Waals surface area contributed by atoms with Gasteiger partial charge in [-0.2, -0.15) is 0 Å². The smallest absolute Gasteiger partial charge is 0.336 e. The van der Waals surface area contributed by atoms with Crippen molar-refractivity contribution >= 4 is 23.6 Å². The van der Waals surface area contributed by atoms with Crippen LogP contribution >= 0.6 is 11.6 Å². The minimum atomic E-state index is -0.914. The molecule has 0 aliphatic carbocycles. The topological polar surface area (TPSA) is 37.3 Å². The molecule has 0 saturated carbocycles. The Morgan fingerprint density at radius 3 is 2.86 bits per heavy atom. The van der Waals surface area contributed by atoms with E-state index in [1.807, 2.05) is 13.0 Å². The molecule has 0 aliphatic heterocycles. The van der Waals surface area contributed by atoms with Gasteiger partial charge in [0.15, 0.2) is 0 Å². The lowest BCUT2D eigenvalue weighted by Gasteiger charge is -2.02. The van der Waals surface area contributed by atoms with E-state index < -0.39 is 5.97 Å². The number of alkyl halides is 1. The summed E-state index contributed by atoms with van der Waals surface area (Å²) < 4.78 is 0. The van der Waals surface area contributed by atoms with E-state index in [0.717, 1.165) is 5.56 Å². The molecule has 1 rings (SSSR count). The van der Waals surface area contributed by atoms with Gasteiger partial charge in [-0.15, -0.1) is 11.6 Å². The Balaban J connectivity index is 3.15. The highest BCUT2D eigenvalue weighted by molar-refractivity contribution is 6.19. The van der Waals surface area contributed by atoms with Crippen molar-refractivity contribution in [2.75, 3.05) is 5.88 Å². The average molecular weight is 211 g/mol. The Bertz CT molecular complexity index is 370. The molecule has 3 heteroatoms. The van der Waals surface area contributed by atoms with Crippen molar-refractivity contribution in [3.8, 4) is 0 Å². The molecule has 74 valence electrons. The Labute approximate surface area is 87.8 Å². The number of aromatic carboxylic acids is 1. The van der Waals surface area contributed by atoms with Crippen LogP contribution in [0.4, 0.5) is 0 Å². The molecular formula is C11H11ClO2. The van der Waals surface area contributed by atoms with Gasteiger partial charge in [-0.1, -0.05) is 29.8 Å². The standard InChI is InChI=1S/C11H11ClO2/c1-8-4-5-9(3-2-6-12)10(7-8)11(13)14/h2-5,7H,6H2,1H3,(H,13,14). The first kappa shape index (κ1) is 10.8. The molecular weight excluding hydrogens is 200 g/mol. The first-order chi connectivity index (χ1) is 6.65. The Kier molecular flexibility index (Phi) is 3.72. The molecule has 0 unspecified atom stereocenters. The molecule has 14 heavy (non-hydrogen) atoms. The second-order valence-electron chi connectivity index (χ2n) is 2.95. The first-order valence-electron chi connectivity index (χ1n) is 4.21. The number of benzene rings is 1. The second-order valence-corrected chi connectivity index (χ2v) is 3.26. The van der Waals surface area contributed by atoms with E-state index in [1.54, 1.807) is 24.3 Å². The summed E-state index contributed by atoms with van der Waals surface area (Å²) in [6, 6.07) is 5.30. The van der Waals surface area contributed by atoms with Gasteiger partial charge in [-0.05, 0) is 18.6 Å². The van der Waals surface area contributed by atoms with E-state index >= 15 is 0 Å². The summed E-state index contributed by atoms with van der Waals surface area (Å²) in [5.74, 6) is -0.532. The summed E-state index contributed by atoms with van der Waals surface area (Å²) in [4.78, 5) is 10.9. The average Bonchev–Trinajstić information content (AvgIpc) is 2.15. The molecule has 1 N–H and O–H groups in total. The Morgan fingerprint density at radius 2 is 2.29 bits per heavy atom. The third-order valence-corrected chi connectivity index (χ3v) is 2.00. The number of allylic oxidation sites excluding steroid dienone is 1. The molecule has 0 aliphatic rings. The maximum atomic E-state index is 10.9. The van der Waals surface area contributed by atoms with Crippen LogP contribution in [0.2, 0.25) is 0 Å². The molecule has 0 heterocycles. The molecule has 0 aromatic heterocycles. The van der Waals surface area contributed by atoms with Crippen LogP contribution < -0.4 is 0 Å². The van der Waals surface area contributed by atoms with Gasteiger partial charge in [0.1, 0.15) is 0 Å². The normalized spacial score (nSPS) is 10.7. The van der Waals surface area contributed by atoms with Gasteiger partial charge in [-0.3, -0.25) is 0 Å². The van der Waals surface area contributed by atoms with E-state index in [0.29, 0.717) is 17.0 Å². The van der Waals surface area contributed by atoms with Crippen LogP contribution in [-0.4, -0.2) is 17.0 Å². The van der Waals surface area contributed by atoms with Crippen molar-refractivity contribution in [3.05, 3.63) is 41.0 Å². The van der Waals surface area contributed by atoms with Crippen molar-refractivity contribution in [1.82, 2.24) is 0 Å². The minimum Gasteiger partial charge on any atom is -0.478 e. The summed E-state index contributed by atoms with van der Waals surface area (Å²) in [5.41, 5.74) is 1.93. The van der Waals surface area contributed by atoms with Gasteiger partial charge in [0, 0.05) is 5.88 Å². The lowest BCUT2D eigenvalue weighted by Crippen LogP contribution is -1.99. The van der Waals surface area contributed by atoms with E-state index in [4.69, 9.17) is 16.7 Å². The van der Waals surface area contributed by atoms with Crippen LogP contribution in [-0.2, 0) is 0 Å². The quantitative estimate of drug-likeness (QED) is 0.779. The van der Waals surface area contributed by atoms with E-state index in [-0.39, 0.29) is 0 Å². The van der Waals surface area contributed by atoms with Crippen LogP contribution in [0.1, 0.15) is 21.5 Å². The summed E-state index contributed by atoms with van der Waals surface area (Å²) in [6.07, 6.45) is 3.44. The largest absolute Gasteiger partial charge is 0.478 e. The van der Waals surface area contributed by atoms with Crippen LogP contribution in [0.25, 0.3) is 6.08 Å². The summed E-state index contributed by atoms with van der Waals surface area (Å²) in [5, 5.41) is 8.92. The van der Waals surface area contributed by atoms with E-state index in [1.165, 1.54) is 0 Å². The zero-order valence-electron chi connectivity index (χ0n) is 7.83. The van der Waals surface area contributed by atoms with Gasteiger partial charge in [0.2, 0.25) is 0 Å². The van der Waals surface area contributed by atoms with Crippen molar-refractivity contribution in [1.29, 1.82) is 0 Å². The third-order valence-electron chi connectivity index (χ3n) is 1.83. The monoisotopic (exact) mass is 210 g/mol.